The Bertz CT molecular complexity index is 541. The molecule has 96 valence electrons. The van der Waals surface area contributed by atoms with Crippen LogP contribution < -0.4 is 5.73 Å². The Morgan fingerprint density at radius 2 is 2.00 bits per heavy atom. The molecule has 0 atom stereocenters. The van der Waals surface area contributed by atoms with E-state index in [-0.39, 0.29) is 5.41 Å². The van der Waals surface area contributed by atoms with Crippen LogP contribution in [-0.4, -0.2) is 15.0 Å². The van der Waals surface area contributed by atoms with Gasteiger partial charge in [0.05, 0.1) is 10.7 Å². The van der Waals surface area contributed by atoms with Gasteiger partial charge in [-0.3, -0.25) is 0 Å². The topological polar surface area (TPSA) is 64.7 Å². The lowest BCUT2D eigenvalue weighted by Gasteiger charge is -2.19. The molecule has 0 unspecified atom stereocenters. The van der Waals surface area contributed by atoms with Gasteiger partial charge in [-0.05, 0) is 6.92 Å². The second-order valence-corrected chi connectivity index (χ2v) is 6.34. The first-order valence-electron chi connectivity index (χ1n) is 5.90. The normalized spacial score (nSPS) is 11.8. The minimum Gasteiger partial charge on any atom is -0.383 e. The molecule has 2 N–H and O–H groups in total. The molecule has 0 fully saturated rings. The first-order chi connectivity index (χ1) is 8.38. The molecule has 0 aliphatic heterocycles. The van der Waals surface area contributed by atoms with E-state index in [1.807, 2.05) is 18.5 Å². The summed E-state index contributed by atoms with van der Waals surface area (Å²) in [6.45, 7) is 8.23. The van der Waals surface area contributed by atoms with Gasteiger partial charge in [0.1, 0.15) is 11.6 Å². The molecule has 2 aromatic heterocycles. The van der Waals surface area contributed by atoms with Crippen LogP contribution in [0.4, 0.5) is 5.82 Å². The average Bonchev–Trinajstić information content (AvgIpc) is 2.75. The maximum atomic E-state index is 5.98. The van der Waals surface area contributed by atoms with Crippen LogP contribution in [-0.2, 0) is 11.8 Å². The Labute approximate surface area is 111 Å². The third-order valence-electron chi connectivity index (χ3n) is 2.76. The van der Waals surface area contributed by atoms with Gasteiger partial charge in [-0.15, -0.1) is 11.3 Å². The fourth-order valence-corrected chi connectivity index (χ4v) is 2.19. The number of nitrogen functional groups attached to an aromatic ring is 1. The predicted molar refractivity (Wildman–Crippen MR) is 74.8 cm³/mol. The van der Waals surface area contributed by atoms with Crippen LogP contribution in [0.5, 0.6) is 0 Å². The third kappa shape index (κ3) is 2.67. The average molecular weight is 262 g/mol. The molecule has 0 aromatic carbocycles. The van der Waals surface area contributed by atoms with Crippen LogP contribution in [0.3, 0.4) is 0 Å². The zero-order valence-electron chi connectivity index (χ0n) is 11.2. The summed E-state index contributed by atoms with van der Waals surface area (Å²) in [5.74, 6) is 1.36. The van der Waals surface area contributed by atoms with E-state index in [2.05, 4.69) is 35.7 Å². The molecule has 2 rings (SSSR count). The SMILES string of the molecule is Cc1c(N)nc(C(C)(C)C)nc1Cc1nccs1. The van der Waals surface area contributed by atoms with Crippen molar-refractivity contribution in [2.45, 2.75) is 39.5 Å². The predicted octanol–water partition coefficient (Wildman–Crippen LogP) is 2.71. The summed E-state index contributed by atoms with van der Waals surface area (Å²) in [6, 6.07) is 0. The molecule has 18 heavy (non-hydrogen) atoms. The van der Waals surface area contributed by atoms with E-state index in [4.69, 9.17) is 5.73 Å². The van der Waals surface area contributed by atoms with E-state index in [9.17, 15) is 0 Å². The molecule has 0 saturated heterocycles. The van der Waals surface area contributed by atoms with Gasteiger partial charge in [0.15, 0.2) is 0 Å². The molecule has 2 heterocycles. The minimum atomic E-state index is -0.0978. The highest BCUT2D eigenvalue weighted by atomic mass is 32.1. The van der Waals surface area contributed by atoms with Gasteiger partial charge in [0.25, 0.3) is 0 Å². The minimum absolute atomic E-state index is 0.0978. The van der Waals surface area contributed by atoms with Gasteiger partial charge in [-0.25, -0.2) is 15.0 Å². The summed E-state index contributed by atoms with van der Waals surface area (Å²) in [5.41, 5.74) is 7.81. The van der Waals surface area contributed by atoms with Crippen LogP contribution in [0.1, 0.15) is 42.9 Å². The Hall–Kier alpha value is -1.49. The van der Waals surface area contributed by atoms with Gasteiger partial charge in [0.2, 0.25) is 0 Å². The van der Waals surface area contributed by atoms with Crippen molar-refractivity contribution in [2.24, 2.45) is 0 Å². The number of nitrogens with two attached hydrogens (primary N) is 1. The van der Waals surface area contributed by atoms with Crippen LogP contribution in [0.2, 0.25) is 0 Å². The summed E-state index contributed by atoms with van der Waals surface area (Å²) >= 11 is 1.63. The summed E-state index contributed by atoms with van der Waals surface area (Å²) in [7, 11) is 0. The van der Waals surface area contributed by atoms with Gasteiger partial charge in [0, 0.05) is 29.0 Å². The lowest BCUT2D eigenvalue weighted by Crippen LogP contribution is -2.19. The van der Waals surface area contributed by atoms with Crippen LogP contribution in [0.25, 0.3) is 0 Å². The lowest BCUT2D eigenvalue weighted by atomic mass is 9.95. The summed E-state index contributed by atoms with van der Waals surface area (Å²) in [5, 5.41) is 3.02. The maximum absolute atomic E-state index is 5.98. The summed E-state index contributed by atoms with van der Waals surface area (Å²) < 4.78 is 0. The van der Waals surface area contributed by atoms with Crippen molar-refractivity contribution >= 4 is 17.2 Å². The van der Waals surface area contributed by atoms with Crippen molar-refractivity contribution in [1.29, 1.82) is 0 Å². The third-order valence-corrected chi connectivity index (χ3v) is 3.54. The highest BCUT2D eigenvalue weighted by Gasteiger charge is 2.20. The molecule has 0 bridgehead atoms. The Morgan fingerprint density at radius 3 is 2.56 bits per heavy atom. The van der Waals surface area contributed by atoms with Crippen molar-refractivity contribution in [3.05, 3.63) is 33.7 Å². The van der Waals surface area contributed by atoms with Crippen molar-refractivity contribution in [3.63, 3.8) is 0 Å². The number of thiazole rings is 1. The molecule has 0 spiro atoms. The van der Waals surface area contributed by atoms with E-state index in [0.29, 0.717) is 5.82 Å². The zero-order chi connectivity index (χ0) is 13.3. The van der Waals surface area contributed by atoms with E-state index < -0.39 is 0 Å². The van der Waals surface area contributed by atoms with E-state index >= 15 is 0 Å². The number of hydrogen-bond acceptors (Lipinski definition) is 5. The van der Waals surface area contributed by atoms with Crippen LogP contribution in [0, 0.1) is 6.92 Å². The number of anilines is 1. The van der Waals surface area contributed by atoms with E-state index in [1.165, 1.54) is 0 Å². The largest absolute Gasteiger partial charge is 0.383 e. The fourth-order valence-electron chi connectivity index (χ4n) is 1.57. The number of nitrogens with zero attached hydrogens (tertiary/aromatic N) is 3. The molecule has 0 saturated carbocycles. The van der Waals surface area contributed by atoms with Crippen molar-refractivity contribution in [2.75, 3.05) is 5.73 Å². The molecule has 0 radical (unpaired) electrons. The highest BCUT2D eigenvalue weighted by molar-refractivity contribution is 7.09. The molecule has 5 heteroatoms. The van der Waals surface area contributed by atoms with E-state index in [1.54, 1.807) is 11.3 Å². The molecule has 4 nitrogen and oxygen atoms in total. The monoisotopic (exact) mass is 262 g/mol. The standard InChI is InChI=1S/C13H18N4S/c1-8-9(7-10-15-5-6-18-10)16-12(13(2,3)4)17-11(8)14/h5-6H,7H2,1-4H3,(H2,14,16,17). The number of rotatable bonds is 2. The molecular formula is C13H18N4S. The molecule has 0 aliphatic rings. The fraction of sp³-hybridized carbons (Fsp3) is 0.462. The first kappa shape index (κ1) is 13.0. The maximum Gasteiger partial charge on any atom is 0.136 e. The second kappa shape index (κ2) is 4.65. The first-order valence-corrected chi connectivity index (χ1v) is 6.77. The number of hydrogen-bond donors (Lipinski definition) is 1. The second-order valence-electron chi connectivity index (χ2n) is 5.36. The smallest absolute Gasteiger partial charge is 0.136 e. The summed E-state index contributed by atoms with van der Waals surface area (Å²) in [4.78, 5) is 13.3. The van der Waals surface area contributed by atoms with Gasteiger partial charge >= 0.3 is 0 Å². The number of aromatic nitrogens is 3. The molecule has 0 aliphatic carbocycles. The van der Waals surface area contributed by atoms with Crippen molar-refractivity contribution < 1.29 is 0 Å². The molecular weight excluding hydrogens is 244 g/mol. The van der Waals surface area contributed by atoms with Gasteiger partial charge in [-0.2, -0.15) is 0 Å². The highest BCUT2D eigenvalue weighted by Crippen LogP contribution is 2.23. The zero-order valence-corrected chi connectivity index (χ0v) is 12.0. The van der Waals surface area contributed by atoms with Gasteiger partial charge < -0.3 is 5.73 Å². The Kier molecular flexibility index (Phi) is 3.34. The molecule has 0 amide bonds. The molecule has 2 aromatic rings. The van der Waals surface area contributed by atoms with Crippen molar-refractivity contribution in [1.82, 2.24) is 15.0 Å². The summed E-state index contributed by atoms with van der Waals surface area (Å²) in [6.07, 6.45) is 2.53. The van der Waals surface area contributed by atoms with Gasteiger partial charge in [-0.1, -0.05) is 20.8 Å². The lowest BCUT2D eigenvalue weighted by molar-refractivity contribution is 0.542. The Morgan fingerprint density at radius 1 is 1.28 bits per heavy atom. The van der Waals surface area contributed by atoms with E-state index in [0.717, 1.165) is 28.5 Å². The Balaban J connectivity index is 2.43. The van der Waals surface area contributed by atoms with Crippen LogP contribution >= 0.6 is 11.3 Å². The van der Waals surface area contributed by atoms with Crippen LogP contribution in [0.15, 0.2) is 11.6 Å². The quantitative estimate of drug-likeness (QED) is 0.903. The van der Waals surface area contributed by atoms with Crippen molar-refractivity contribution in [3.8, 4) is 0 Å².